The van der Waals surface area contributed by atoms with Crippen LogP contribution in [0.15, 0.2) is 18.2 Å². The fraction of sp³-hybridized carbons (Fsp3) is 0.500. The molecule has 0 fully saturated rings. The van der Waals surface area contributed by atoms with Crippen molar-refractivity contribution in [2.45, 2.75) is 38.6 Å². The van der Waals surface area contributed by atoms with E-state index < -0.39 is 22.6 Å². The van der Waals surface area contributed by atoms with Crippen LogP contribution < -0.4 is 5.32 Å². The molecule has 0 atom stereocenters. The molecule has 0 radical (unpaired) electrons. The summed E-state index contributed by atoms with van der Waals surface area (Å²) in [4.78, 5) is 0. The summed E-state index contributed by atoms with van der Waals surface area (Å²) < 4.78 is 26.9. The molecule has 18 heavy (non-hydrogen) atoms. The van der Waals surface area contributed by atoms with Gasteiger partial charge in [-0.05, 0) is 37.6 Å². The Morgan fingerprint density at radius 3 is 2.39 bits per heavy atom. The van der Waals surface area contributed by atoms with Gasteiger partial charge in [0.05, 0.1) is 6.07 Å². The molecule has 0 aromatic heterocycles. The van der Waals surface area contributed by atoms with Gasteiger partial charge in [0.2, 0.25) is 0 Å². The maximum Gasteiger partial charge on any atom is 0.127 e. The Morgan fingerprint density at radius 1 is 1.22 bits per heavy atom. The van der Waals surface area contributed by atoms with Crippen LogP contribution in [0.2, 0.25) is 0 Å². The van der Waals surface area contributed by atoms with Gasteiger partial charge >= 0.3 is 0 Å². The highest BCUT2D eigenvalue weighted by atomic mass is 19.1. The lowest BCUT2D eigenvalue weighted by atomic mass is 9.83. The molecular formula is C14H18F2N2. The first-order valence-corrected chi connectivity index (χ1v) is 5.80. The molecule has 0 aliphatic heterocycles. The third-order valence-electron chi connectivity index (χ3n) is 2.91. The van der Waals surface area contributed by atoms with Crippen molar-refractivity contribution in [1.82, 2.24) is 5.32 Å². The highest BCUT2D eigenvalue weighted by molar-refractivity contribution is 5.27. The van der Waals surface area contributed by atoms with E-state index in [0.717, 1.165) is 12.1 Å². The van der Waals surface area contributed by atoms with E-state index >= 15 is 0 Å². The van der Waals surface area contributed by atoms with Crippen LogP contribution in [0.25, 0.3) is 0 Å². The molecule has 0 bridgehead atoms. The van der Waals surface area contributed by atoms with E-state index in [1.165, 1.54) is 6.07 Å². The molecule has 98 valence electrons. The molecule has 0 aliphatic rings. The number of benzene rings is 1. The van der Waals surface area contributed by atoms with E-state index in [1.54, 1.807) is 13.8 Å². The van der Waals surface area contributed by atoms with E-state index in [0.29, 0.717) is 12.1 Å². The van der Waals surface area contributed by atoms with Crippen LogP contribution in [0.4, 0.5) is 8.78 Å². The van der Waals surface area contributed by atoms with Crippen LogP contribution in [0.5, 0.6) is 0 Å². The van der Waals surface area contributed by atoms with Gasteiger partial charge in [-0.3, -0.25) is 5.32 Å². The number of nitrogens with zero attached hydrogens (tertiary/aromatic N) is 1. The van der Waals surface area contributed by atoms with Gasteiger partial charge in [-0.2, -0.15) is 5.26 Å². The second-order valence-electron chi connectivity index (χ2n) is 5.60. The molecule has 0 amide bonds. The van der Waals surface area contributed by atoms with Crippen molar-refractivity contribution in [3.8, 4) is 6.07 Å². The standard InChI is InChI=1S/C14H18F2N2/c1-13(2,9-18-14(3,4)8-17)11-7-10(15)5-6-12(11)16/h5-7,18H,9H2,1-4H3. The van der Waals surface area contributed by atoms with Gasteiger partial charge in [0.1, 0.15) is 17.2 Å². The number of rotatable bonds is 4. The van der Waals surface area contributed by atoms with Gasteiger partial charge in [0, 0.05) is 12.0 Å². The maximum atomic E-state index is 13.7. The Hall–Kier alpha value is -1.47. The highest BCUT2D eigenvalue weighted by Crippen LogP contribution is 2.26. The van der Waals surface area contributed by atoms with Crippen LogP contribution in [0.1, 0.15) is 33.3 Å². The quantitative estimate of drug-likeness (QED) is 0.893. The average Bonchev–Trinajstić information content (AvgIpc) is 2.30. The monoisotopic (exact) mass is 252 g/mol. The zero-order chi connectivity index (χ0) is 14.0. The molecule has 4 heteroatoms. The van der Waals surface area contributed by atoms with Gasteiger partial charge in [0.25, 0.3) is 0 Å². The molecule has 0 spiro atoms. The van der Waals surface area contributed by atoms with Crippen LogP contribution in [-0.4, -0.2) is 12.1 Å². The van der Waals surface area contributed by atoms with Crippen molar-refractivity contribution in [2.75, 3.05) is 6.54 Å². The minimum Gasteiger partial charge on any atom is -0.299 e. The van der Waals surface area contributed by atoms with Crippen molar-refractivity contribution in [3.63, 3.8) is 0 Å². The molecule has 0 unspecified atom stereocenters. The summed E-state index contributed by atoms with van der Waals surface area (Å²) in [5.41, 5.74) is -0.981. The smallest absolute Gasteiger partial charge is 0.127 e. The Bertz CT molecular complexity index is 473. The largest absolute Gasteiger partial charge is 0.299 e. The molecule has 2 nitrogen and oxygen atoms in total. The third-order valence-corrected chi connectivity index (χ3v) is 2.91. The predicted octanol–water partition coefficient (Wildman–Crippen LogP) is 3.13. The SMILES string of the molecule is CC(C)(C#N)NCC(C)(C)c1cc(F)ccc1F. The minimum atomic E-state index is -0.693. The zero-order valence-electron chi connectivity index (χ0n) is 11.1. The number of nitriles is 1. The van der Waals surface area contributed by atoms with E-state index in [1.807, 2.05) is 13.8 Å². The van der Waals surface area contributed by atoms with Crippen molar-refractivity contribution < 1.29 is 8.78 Å². The van der Waals surface area contributed by atoms with Crippen molar-refractivity contribution >= 4 is 0 Å². The summed E-state index contributed by atoms with van der Waals surface area (Å²) >= 11 is 0. The van der Waals surface area contributed by atoms with Crippen molar-refractivity contribution in [2.24, 2.45) is 0 Å². The Labute approximate surface area is 107 Å². The number of halogens is 2. The normalized spacial score (nSPS) is 12.3. The van der Waals surface area contributed by atoms with Crippen LogP contribution >= 0.6 is 0 Å². The second-order valence-corrected chi connectivity index (χ2v) is 5.60. The van der Waals surface area contributed by atoms with Gasteiger partial charge in [-0.1, -0.05) is 13.8 Å². The van der Waals surface area contributed by atoms with Crippen LogP contribution in [-0.2, 0) is 5.41 Å². The van der Waals surface area contributed by atoms with Gasteiger partial charge in [-0.15, -0.1) is 0 Å². The number of nitrogens with one attached hydrogen (secondary N) is 1. The van der Waals surface area contributed by atoms with Crippen LogP contribution in [0.3, 0.4) is 0 Å². The average molecular weight is 252 g/mol. The molecule has 0 saturated carbocycles. The summed E-state index contributed by atoms with van der Waals surface area (Å²) in [6, 6.07) is 5.54. The van der Waals surface area contributed by atoms with E-state index in [-0.39, 0.29) is 0 Å². The lowest BCUT2D eigenvalue weighted by Gasteiger charge is -2.29. The first-order valence-electron chi connectivity index (χ1n) is 5.80. The Morgan fingerprint density at radius 2 is 1.83 bits per heavy atom. The maximum absolute atomic E-state index is 13.7. The molecule has 0 saturated heterocycles. The fourth-order valence-corrected chi connectivity index (χ4v) is 1.59. The first kappa shape index (κ1) is 14.6. The van der Waals surface area contributed by atoms with Gasteiger partial charge < -0.3 is 0 Å². The minimum absolute atomic E-state index is 0.309. The van der Waals surface area contributed by atoms with E-state index in [2.05, 4.69) is 11.4 Å². The van der Waals surface area contributed by atoms with Crippen LogP contribution in [0, 0.1) is 23.0 Å². The second kappa shape index (κ2) is 5.03. The Kier molecular flexibility index (Phi) is 4.08. The van der Waals surface area contributed by atoms with E-state index in [4.69, 9.17) is 5.26 Å². The summed E-state index contributed by atoms with van der Waals surface area (Å²) in [7, 11) is 0. The summed E-state index contributed by atoms with van der Waals surface area (Å²) in [6.07, 6.45) is 0. The molecule has 1 rings (SSSR count). The highest BCUT2D eigenvalue weighted by Gasteiger charge is 2.27. The molecule has 1 aromatic rings. The molecule has 0 heterocycles. The van der Waals surface area contributed by atoms with Gasteiger partial charge in [0.15, 0.2) is 0 Å². The molecule has 1 aromatic carbocycles. The summed E-state index contributed by atoms with van der Waals surface area (Å²) in [6.45, 7) is 7.49. The number of hydrogen-bond donors (Lipinski definition) is 1. The summed E-state index contributed by atoms with van der Waals surface area (Å²) in [5, 5.41) is 12.0. The predicted molar refractivity (Wildman–Crippen MR) is 67.1 cm³/mol. The topological polar surface area (TPSA) is 35.8 Å². The fourth-order valence-electron chi connectivity index (χ4n) is 1.59. The van der Waals surface area contributed by atoms with Crippen molar-refractivity contribution in [1.29, 1.82) is 5.26 Å². The van der Waals surface area contributed by atoms with E-state index in [9.17, 15) is 8.78 Å². The Balaban J connectivity index is 2.93. The summed E-state index contributed by atoms with van der Waals surface area (Å²) in [5.74, 6) is -0.892. The van der Waals surface area contributed by atoms with Gasteiger partial charge in [-0.25, -0.2) is 8.78 Å². The lowest BCUT2D eigenvalue weighted by molar-refractivity contribution is 0.385. The molecule has 0 aliphatic carbocycles. The van der Waals surface area contributed by atoms with Crippen molar-refractivity contribution in [3.05, 3.63) is 35.4 Å². The zero-order valence-corrected chi connectivity index (χ0v) is 11.1. The molecule has 1 N–H and O–H groups in total. The first-order chi connectivity index (χ1) is 8.18. The lowest BCUT2D eigenvalue weighted by Crippen LogP contribution is -2.45. The third kappa shape index (κ3) is 3.51. The number of hydrogen-bond acceptors (Lipinski definition) is 2. The molecular weight excluding hydrogens is 234 g/mol.